The number of aliphatic hydroxyl groups is 1. The maximum atomic E-state index is 12.6. The molecule has 1 aromatic carbocycles. The smallest absolute Gasteiger partial charge is 0.253 e. The lowest BCUT2D eigenvalue weighted by Crippen LogP contribution is -2.53. The van der Waals surface area contributed by atoms with E-state index in [1.54, 1.807) is 30.3 Å². The highest BCUT2D eigenvalue weighted by Gasteiger charge is 2.32. The third-order valence-corrected chi connectivity index (χ3v) is 5.35. The van der Waals surface area contributed by atoms with Crippen LogP contribution in [0.2, 0.25) is 0 Å². The number of benzene rings is 1. The van der Waals surface area contributed by atoms with Crippen molar-refractivity contribution in [2.24, 2.45) is 5.92 Å². The molecule has 3 rings (SSSR count). The standard InChI is InChI=1S/C22H27N3O4/c1-29-19-7-4-16(5-8-19)6-9-21(27)25-12-10-20(18(14-25)15-26)24-22(28)17-3-2-11-23-13-17/h2-5,7-8,11,13,18,20,26H,6,9-10,12,14-15H2,1H3,(H,24,28)/t18-,20-/m1/s1. The Bertz CT molecular complexity index is 811. The normalized spacial score (nSPS) is 18.9. The maximum absolute atomic E-state index is 12.6. The second kappa shape index (κ2) is 10.0. The highest BCUT2D eigenvalue weighted by Crippen LogP contribution is 2.19. The summed E-state index contributed by atoms with van der Waals surface area (Å²) in [5.41, 5.74) is 1.57. The van der Waals surface area contributed by atoms with Gasteiger partial charge in [-0.25, -0.2) is 0 Å². The SMILES string of the molecule is COc1ccc(CCC(=O)N2CC[C@@H](NC(=O)c3cccnc3)[C@@H](CO)C2)cc1. The Kier molecular flexibility index (Phi) is 7.19. The zero-order valence-electron chi connectivity index (χ0n) is 16.6. The number of pyridine rings is 1. The van der Waals surface area contributed by atoms with Gasteiger partial charge in [-0.3, -0.25) is 14.6 Å². The van der Waals surface area contributed by atoms with Crippen LogP contribution in [-0.2, 0) is 11.2 Å². The Morgan fingerprint density at radius 2 is 2.07 bits per heavy atom. The molecule has 0 bridgehead atoms. The zero-order chi connectivity index (χ0) is 20.6. The minimum Gasteiger partial charge on any atom is -0.497 e. The lowest BCUT2D eigenvalue weighted by Gasteiger charge is -2.38. The molecule has 0 spiro atoms. The predicted octanol–water partition coefficient (Wildman–Crippen LogP) is 1.66. The van der Waals surface area contributed by atoms with Gasteiger partial charge in [-0.2, -0.15) is 0 Å². The first-order valence-corrected chi connectivity index (χ1v) is 9.83. The first kappa shape index (κ1) is 20.8. The van der Waals surface area contributed by atoms with Gasteiger partial charge in [0, 0.05) is 50.5 Å². The number of hydrogen-bond acceptors (Lipinski definition) is 5. The number of methoxy groups -OCH3 is 1. The number of rotatable bonds is 7. The maximum Gasteiger partial charge on any atom is 0.253 e. The van der Waals surface area contributed by atoms with Gasteiger partial charge in [0.2, 0.25) is 5.91 Å². The molecule has 2 N–H and O–H groups in total. The molecule has 7 nitrogen and oxygen atoms in total. The summed E-state index contributed by atoms with van der Waals surface area (Å²) in [5, 5.41) is 12.8. The van der Waals surface area contributed by atoms with E-state index in [1.807, 2.05) is 24.3 Å². The van der Waals surface area contributed by atoms with Gasteiger partial charge in [0.25, 0.3) is 5.91 Å². The molecule has 154 valence electrons. The summed E-state index contributed by atoms with van der Waals surface area (Å²) in [6, 6.07) is 10.9. The topological polar surface area (TPSA) is 91.8 Å². The molecule has 0 radical (unpaired) electrons. The Hall–Kier alpha value is -2.93. The van der Waals surface area contributed by atoms with Crippen molar-refractivity contribution in [1.29, 1.82) is 0 Å². The molecule has 2 aromatic rings. The highest BCUT2D eigenvalue weighted by atomic mass is 16.5. The van der Waals surface area contributed by atoms with Crippen LogP contribution in [0, 0.1) is 5.92 Å². The number of nitrogens with zero attached hydrogens (tertiary/aromatic N) is 2. The number of aliphatic hydroxyl groups excluding tert-OH is 1. The predicted molar refractivity (Wildman–Crippen MR) is 109 cm³/mol. The van der Waals surface area contributed by atoms with Gasteiger partial charge in [0.1, 0.15) is 5.75 Å². The van der Waals surface area contributed by atoms with Crippen LogP contribution in [0.4, 0.5) is 0 Å². The number of carbonyl (C=O) groups is 2. The first-order valence-electron chi connectivity index (χ1n) is 9.83. The monoisotopic (exact) mass is 397 g/mol. The van der Waals surface area contributed by atoms with E-state index in [0.29, 0.717) is 37.9 Å². The van der Waals surface area contributed by atoms with Crippen molar-refractivity contribution in [1.82, 2.24) is 15.2 Å². The lowest BCUT2D eigenvalue weighted by molar-refractivity contribution is -0.133. The quantitative estimate of drug-likeness (QED) is 0.741. The largest absolute Gasteiger partial charge is 0.497 e. The summed E-state index contributed by atoms with van der Waals surface area (Å²) in [6.07, 6.45) is 4.82. The summed E-state index contributed by atoms with van der Waals surface area (Å²) in [6.45, 7) is 0.923. The summed E-state index contributed by atoms with van der Waals surface area (Å²) in [5.74, 6) is 0.465. The molecule has 0 unspecified atom stereocenters. The van der Waals surface area contributed by atoms with E-state index in [-0.39, 0.29) is 30.4 Å². The van der Waals surface area contributed by atoms with Crippen LogP contribution >= 0.6 is 0 Å². The molecule has 1 fully saturated rings. The molecule has 1 aliphatic rings. The van der Waals surface area contributed by atoms with Gasteiger partial charge in [-0.15, -0.1) is 0 Å². The fourth-order valence-electron chi connectivity index (χ4n) is 3.58. The number of carbonyl (C=O) groups excluding carboxylic acids is 2. The van der Waals surface area contributed by atoms with Crippen molar-refractivity contribution >= 4 is 11.8 Å². The Balaban J connectivity index is 1.51. The van der Waals surface area contributed by atoms with Crippen molar-refractivity contribution in [2.45, 2.75) is 25.3 Å². The van der Waals surface area contributed by atoms with Gasteiger partial charge in [0.15, 0.2) is 0 Å². The van der Waals surface area contributed by atoms with E-state index < -0.39 is 0 Å². The average molecular weight is 397 g/mol. The van der Waals surface area contributed by atoms with E-state index >= 15 is 0 Å². The number of hydrogen-bond donors (Lipinski definition) is 2. The summed E-state index contributed by atoms with van der Waals surface area (Å²) in [4.78, 5) is 30.8. The molecule has 2 heterocycles. The molecule has 0 aliphatic carbocycles. The van der Waals surface area contributed by atoms with Crippen molar-refractivity contribution in [3.63, 3.8) is 0 Å². The van der Waals surface area contributed by atoms with E-state index in [2.05, 4.69) is 10.3 Å². The molecule has 1 aromatic heterocycles. The fourth-order valence-corrected chi connectivity index (χ4v) is 3.58. The molecule has 7 heteroatoms. The van der Waals surface area contributed by atoms with Crippen LogP contribution in [0.1, 0.15) is 28.8 Å². The summed E-state index contributed by atoms with van der Waals surface area (Å²) in [7, 11) is 1.62. The van der Waals surface area contributed by atoms with Crippen LogP contribution in [0.5, 0.6) is 5.75 Å². The lowest BCUT2D eigenvalue weighted by atomic mass is 9.92. The number of aryl methyl sites for hydroxylation is 1. The van der Waals surface area contributed by atoms with Gasteiger partial charge in [0.05, 0.1) is 12.7 Å². The van der Waals surface area contributed by atoms with Crippen LogP contribution < -0.4 is 10.1 Å². The number of ether oxygens (including phenoxy) is 1. The molecular formula is C22H27N3O4. The molecule has 1 saturated heterocycles. The molecule has 1 aliphatic heterocycles. The average Bonchev–Trinajstić information content (AvgIpc) is 2.78. The summed E-state index contributed by atoms with van der Waals surface area (Å²) >= 11 is 0. The number of piperidine rings is 1. The first-order chi connectivity index (χ1) is 14.1. The van der Waals surface area contributed by atoms with Crippen molar-refractivity contribution in [3.05, 3.63) is 59.9 Å². The van der Waals surface area contributed by atoms with E-state index in [4.69, 9.17) is 4.74 Å². The number of nitrogens with one attached hydrogen (secondary N) is 1. The Morgan fingerprint density at radius 1 is 1.28 bits per heavy atom. The van der Waals surface area contributed by atoms with Crippen molar-refractivity contribution in [2.75, 3.05) is 26.8 Å². The van der Waals surface area contributed by atoms with Crippen LogP contribution in [0.3, 0.4) is 0 Å². The third-order valence-electron chi connectivity index (χ3n) is 5.35. The number of likely N-dealkylation sites (tertiary alicyclic amines) is 1. The van der Waals surface area contributed by atoms with E-state index in [1.165, 1.54) is 6.20 Å². The molecule has 2 amide bonds. The zero-order valence-corrected chi connectivity index (χ0v) is 16.6. The Morgan fingerprint density at radius 3 is 2.72 bits per heavy atom. The molecule has 0 saturated carbocycles. The number of aromatic nitrogens is 1. The Labute approximate surface area is 170 Å². The number of amides is 2. The highest BCUT2D eigenvalue weighted by molar-refractivity contribution is 5.94. The van der Waals surface area contributed by atoms with Crippen molar-refractivity contribution in [3.8, 4) is 5.75 Å². The van der Waals surface area contributed by atoms with Crippen LogP contribution in [0.15, 0.2) is 48.8 Å². The third kappa shape index (κ3) is 5.54. The molecular weight excluding hydrogens is 370 g/mol. The van der Waals surface area contributed by atoms with Crippen LogP contribution in [-0.4, -0.2) is 59.7 Å². The van der Waals surface area contributed by atoms with Gasteiger partial charge < -0.3 is 20.1 Å². The second-order valence-corrected chi connectivity index (χ2v) is 7.24. The van der Waals surface area contributed by atoms with E-state index in [9.17, 15) is 14.7 Å². The summed E-state index contributed by atoms with van der Waals surface area (Å²) < 4.78 is 5.15. The second-order valence-electron chi connectivity index (χ2n) is 7.24. The minimum atomic E-state index is -0.208. The minimum absolute atomic E-state index is 0.0660. The van der Waals surface area contributed by atoms with Gasteiger partial charge in [-0.1, -0.05) is 12.1 Å². The fraction of sp³-hybridized carbons (Fsp3) is 0.409. The van der Waals surface area contributed by atoms with Gasteiger partial charge >= 0.3 is 0 Å². The van der Waals surface area contributed by atoms with Crippen molar-refractivity contribution < 1.29 is 19.4 Å². The molecule has 2 atom stereocenters. The van der Waals surface area contributed by atoms with Gasteiger partial charge in [-0.05, 0) is 42.7 Å². The molecule has 29 heavy (non-hydrogen) atoms. The van der Waals surface area contributed by atoms with Crippen LogP contribution in [0.25, 0.3) is 0 Å². The van der Waals surface area contributed by atoms with E-state index in [0.717, 1.165) is 11.3 Å².